The average Bonchev–Trinajstić information content (AvgIpc) is 3.20. The molecule has 2 aliphatic heterocycles. The van der Waals surface area contributed by atoms with Gasteiger partial charge in [0.25, 0.3) is 0 Å². The van der Waals surface area contributed by atoms with E-state index < -0.39 is 0 Å². The molecule has 3 aliphatic rings. The fraction of sp³-hybridized carbons (Fsp3) is 0.471. The van der Waals surface area contributed by atoms with Crippen LogP contribution in [0.15, 0.2) is 36.0 Å². The van der Waals surface area contributed by atoms with Gasteiger partial charge in [-0.1, -0.05) is 29.8 Å². The Bertz CT molecular complexity index is 633. The smallest absolute Gasteiger partial charge is 0.240 e. The van der Waals surface area contributed by atoms with Crippen molar-refractivity contribution in [3.05, 3.63) is 47.2 Å². The Balaban J connectivity index is 1.56. The highest BCUT2D eigenvalue weighted by atomic mass is 16.1. The van der Waals surface area contributed by atoms with E-state index in [1.807, 2.05) is 6.08 Å². The Kier molecular flexibility index (Phi) is 3.03. The Morgan fingerprint density at radius 2 is 2.00 bits per heavy atom. The average molecular weight is 298 g/mol. The van der Waals surface area contributed by atoms with Crippen molar-refractivity contribution < 1.29 is 4.79 Å². The van der Waals surface area contributed by atoms with Crippen molar-refractivity contribution in [3.63, 3.8) is 0 Å². The number of carbonyl (C=O) groups is 1. The van der Waals surface area contributed by atoms with Gasteiger partial charge in [-0.2, -0.15) is 0 Å². The van der Waals surface area contributed by atoms with Crippen LogP contribution in [0.2, 0.25) is 0 Å². The van der Waals surface area contributed by atoms with Crippen molar-refractivity contribution in [2.24, 2.45) is 5.73 Å². The highest BCUT2D eigenvalue weighted by molar-refractivity contribution is 5.82. The molecule has 1 saturated heterocycles. The van der Waals surface area contributed by atoms with E-state index in [1.54, 1.807) is 0 Å². The molecular formula is C17H22N4O. The van der Waals surface area contributed by atoms with Crippen LogP contribution in [0.25, 0.3) is 0 Å². The van der Waals surface area contributed by atoms with Crippen molar-refractivity contribution >= 4 is 5.91 Å². The number of hydrogen-bond donors (Lipinski definition) is 2. The Hall–Kier alpha value is -1.85. The van der Waals surface area contributed by atoms with Gasteiger partial charge in [0.15, 0.2) is 0 Å². The summed E-state index contributed by atoms with van der Waals surface area (Å²) in [5.41, 5.74) is 12.7. The first-order valence-electron chi connectivity index (χ1n) is 7.94. The fourth-order valence-corrected chi connectivity index (χ4v) is 3.69. The van der Waals surface area contributed by atoms with Gasteiger partial charge in [-0.3, -0.25) is 9.69 Å². The van der Waals surface area contributed by atoms with Crippen molar-refractivity contribution in [2.45, 2.75) is 31.3 Å². The molecule has 1 unspecified atom stereocenters. The molecule has 2 fully saturated rings. The standard InChI is InChI=1S/C17H22N4O/c1-12-2-4-13(5-3-12)17(6-7-17)20-8-9-21-14(11-20)10-15(19-21)16(18)22/h2-5,10,15,19H,6-9,11H2,1H3,(H2,18,22). The molecule has 5 nitrogen and oxygen atoms in total. The predicted molar refractivity (Wildman–Crippen MR) is 84.6 cm³/mol. The molecule has 1 atom stereocenters. The molecule has 1 aromatic rings. The minimum atomic E-state index is -0.357. The van der Waals surface area contributed by atoms with Crippen molar-refractivity contribution in [2.75, 3.05) is 19.6 Å². The first-order valence-corrected chi connectivity index (χ1v) is 7.94. The van der Waals surface area contributed by atoms with Gasteiger partial charge < -0.3 is 10.7 Å². The molecule has 0 spiro atoms. The normalized spacial score (nSPS) is 26.5. The third-order valence-electron chi connectivity index (χ3n) is 5.17. The zero-order valence-corrected chi connectivity index (χ0v) is 12.9. The van der Waals surface area contributed by atoms with Gasteiger partial charge in [-0.05, 0) is 31.4 Å². The molecule has 1 saturated carbocycles. The highest BCUT2D eigenvalue weighted by Crippen LogP contribution is 2.51. The van der Waals surface area contributed by atoms with Gasteiger partial charge in [0.05, 0.1) is 0 Å². The number of nitrogens with one attached hydrogen (secondary N) is 1. The lowest BCUT2D eigenvalue weighted by molar-refractivity contribution is -0.119. The van der Waals surface area contributed by atoms with E-state index in [4.69, 9.17) is 5.73 Å². The zero-order valence-electron chi connectivity index (χ0n) is 12.9. The number of carbonyl (C=O) groups excluding carboxylic acids is 1. The molecule has 5 heteroatoms. The number of aryl methyl sites for hydroxylation is 1. The summed E-state index contributed by atoms with van der Waals surface area (Å²) in [5.74, 6) is -0.312. The van der Waals surface area contributed by atoms with Gasteiger partial charge >= 0.3 is 0 Å². The zero-order chi connectivity index (χ0) is 15.3. The minimum absolute atomic E-state index is 0.200. The fourth-order valence-electron chi connectivity index (χ4n) is 3.69. The molecule has 3 N–H and O–H groups in total. The van der Waals surface area contributed by atoms with Crippen LogP contribution in [0.4, 0.5) is 0 Å². The Morgan fingerprint density at radius 1 is 1.27 bits per heavy atom. The summed E-state index contributed by atoms with van der Waals surface area (Å²) < 4.78 is 0. The molecule has 1 aliphatic carbocycles. The number of fused-ring (bicyclic) bond motifs is 1. The predicted octanol–water partition coefficient (Wildman–Crippen LogP) is 0.858. The summed E-state index contributed by atoms with van der Waals surface area (Å²) in [4.78, 5) is 13.9. The summed E-state index contributed by atoms with van der Waals surface area (Å²) in [6.07, 6.45) is 4.41. The van der Waals surface area contributed by atoms with E-state index in [2.05, 4.69) is 46.5 Å². The number of amides is 1. The number of hydrazine groups is 1. The lowest BCUT2D eigenvalue weighted by Crippen LogP contribution is -2.52. The molecule has 0 bridgehead atoms. The van der Waals surface area contributed by atoms with Crippen molar-refractivity contribution in [3.8, 4) is 0 Å². The van der Waals surface area contributed by atoms with Crippen LogP contribution in [0.3, 0.4) is 0 Å². The second-order valence-corrected chi connectivity index (χ2v) is 6.64. The second kappa shape index (κ2) is 4.83. The van der Waals surface area contributed by atoms with Gasteiger partial charge in [0.1, 0.15) is 6.04 Å². The summed E-state index contributed by atoms with van der Waals surface area (Å²) in [7, 11) is 0. The number of piperazine rings is 1. The summed E-state index contributed by atoms with van der Waals surface area (Å²) in [6.45, 7) is 4.90. The van der Waals surface area contributed by atoms with Crippen LogP contribution < -0.4 is 11.2 Å². The molecule has 1 aromatic carbocycles. The van der Waals surface area contributed by atoms with Crippen LogP contribution >= 0.6 is 0 Å². The number of benzene rings is 1. The topological polar surface area (TPSA) is 61.6 Å². The van der Waals surface area contributed by atoms with Crippen molar-refractivity contribution in [1.29, 1.82) is 0 Å². The molecule has 22 heavy (non-hydrogen) atoms. The van der Waals surface area contributed by atoms with Crippen LogP contribution in [0.5, 0.6) is 0 Å². The summed E-state index contributed by atoms with van der Waals surface area (Å²) in [5, 5.41) is 2.08. The summed E-state index contributed by atoms with van der Waals surface area (Å²) >= 11 is 0. The maximum Gasteiger partial charge on any atom is 0.240 e. The molecule has 1 amide bonds. The second-order valence-electron chi connectivity index (χ2n) is 6.64. The quantitative estimate of drug-likeness (QED) is 0.869. The highest BCUT2D eigenvalue weighted by Gasteiger charge is 2.51. The lowest BCUT2D eigenvalue weighted by atomic mass is 10.0. The first-order chi connectivity index (χ1) is 10.6. The third-order valence-corrected chi connectivity index (χ3v) is 5.17. The summed E-state index contributed by atoms with van der Waals surface area (Å²) in [6, 6.07) is 8.57. The Morgan fingerprint density at radius 3 is 2.64 bits per heavy atom. The first kappa shape index (κ1) is 13.8. The molecule has 2 heterocycles. The third kappa shape index (κ3) is 2.12. The molecule has 0 radical (unpaired) electrons. The molecule has 4 rings (SSSR count). The molecule has 0 aromatic heterocycles. The number of rotatable bonds is 3. The van der Waals surface area contributed by atoms with Crippen LogP contribution in [-0.2, 0) is 10.3 Å². The SMILES string of the molecule is Cc1ccc(C2(N3CCN4NC(C(N)=O)C=C4C3)CC2)cc1. The number of primary amides is 1. The van der Waals surface area contributed by atoms with Crippen LogP contribution in [0, 0.1) is 6.92 Å². The number of nitrogens with zero attached hydrogens (tertiary/aromatic N) is 2. The van der Waals surface area contributed by atoms with E-state index in [-0.39, 0.29) is 17.5 Å². The van der Waals surface area contributed by atoms with Crippen LogP contribution in [0.1, 0.15) is 24.0 Å². The van der Waals surface area contributed by atoms with E-state index in [0.717, 1.165) is 19.6 Å². The van der Waals surface area contributed by atoms with Gasteiger partial charge in [-0.15, -0.1) is 0 Å². The van der Waals surface area contributed by atoms with E-state index in [9.17, 15) is 4.79 Å². The lowest BCUT2D eigenvalue weighted by Gasteiger charge is -2.40. The molecular weight excluding hydrogens is 276 g/mol. The molecule has 116 valence electrons. The maximum atomic E-state index is 11.4. The minimum Gasteiger partial charge on any atom is -0.368 e. The number of nitrogens with two attached hydrogens (primary N) is 1. The van der Waals surface area contributed by atoms with E-state index in [0.29, 0.717) is 0 Å². The monoisotopic (exact) mass is 298 g/mol. The maximum absolute atomic E-state index is 11.4. The van der Waals surface area contributed by atoms with Gasteiger partial charge in [0, 0.05) is 30.9 Å². The largest absolute Gasteiger partial charge is 0.368 e. The van der Waals surface area contributed by atoms with E-state index >= 15 is 0 Å². The van der Waals surface area contributed by atoms with Gasteiger partial charge in [-0.25, -0.2) is 5.43 Å². The van der Waals surface area contributed by atoms with Gasteiger partial charge in [0.2, 0.25) is 5.91 Å². The van der Waals surface area contributed by atoms with Crippen molar-refractivity contribution in [1.82, 2.24) is 15.3 Å². The van der Waals surface area contributed by atoms with Crippen LogP contribution in [-0.4, -0.2) is 41.5 Å². The Labute approximate surface area is 130 Å². The van der Waals surface area contributed by atoms with E-state index in [1.165, 1.54) is 29.7 Å². The number of hydrogen-bond acceptors (Lipinski definition) is 4.